The molecule has 5 nitrogen and oxygen atoms in total. The average molecular weight is 293 g/mol. The Kier molecular flexibility index (Phi) is 4.42. The summed E-state index contributed by atoms with van der Waals surface area (Å²) in [5, 5.41) is 13.7. The number of halogens is 2. The van der Waals surface area contributed by atoms with E-state index in [1.807, 2.05) is 0 Å². The molecule has 1 atom stereocenters. The summed E-state index contributed by atoms with van der Waals surface area (Å²) in [6.45, 7) is 1.76. The molecule has 0 bridgehead atoms. The quantitative estimate of drug-likeness (QED) is 0.672. The minimum atomic E-state index is -0.616. The average Bonchev–Trinajstić information content (AvgIpc) is 2.47. The summed E-state index contributed by atoms with van der Waals surface area (Å²) in [6, 6.07) is 5.24. The minimum absolute atomic E-state index is 0.0259. The molecule has 7 heteroatoms. The predicted octanol–water partition coefficient (Wildman–Crippen LogP) is 3.83. The Morgan fingerprint density at radius 2 is 2.14 bits per heavy atom. The Hall–Kier alpha value is -2.57. The van der Waals surface area contributed by atoms with Crippen LogP contribution in [0.3, 0.4) is 0 Å². The molecule has 1 N–H and O–H groups in total. The molecule has 0 aliphatic rings. The molecule has 0 spiro atoms. The maximum Gasteiger partial charge on any atom is 0.311 e. The van der Waals surface area contributed by atoms with Crippen LogP contribution >= 0.6 is 0 Å². The number of pyridine rings is 1. The summed E-state index contributed by atoms with van der Waals surface area (Å²) in [4.78, 5) is 14.3. The normalized spacial score (nSPS) is 12.0. The Morgan fingerprint density at radius 3 is 2.81 bits per heavy atom. The van der Waals surface area contributed by atoms with Crippen molar-refractivity contribution in [1.29, 1.82) is 0 Å². The number of aromatic nitrogens is 1. The van der Waals surface area contributed by atoms with Gasteiger partial charge in [0, 0.05) is 17.8 Å². The van der Waals surface area contributed by atoms with Crippen LogP contribution in [-0.2, 0) is 0 Å². The van der Waals surface area contributed by atoms with Crippen molar-refractivity contribution in [2.45, 2.75) is 19.4 Å². The number of nitro groups is 1. The highest BCUT2D eigenvalue weighted by Gasteiger charge is 2.20. The van der Waals surface area contributed by atoms with Crippen LogP contribution in [0.15, 0.2) is 36.5 Å². The van der Waals surface area contributed by atoms with E-state index in [0.29, 0.717) is 6.42 Å². The molecule has 110 valence electrons. The van der Waals surface area contributed by atoms with E-state index in [-0.39, 0.29) is 17.1 Å². The van der Waals surface area contributed by atoms with E-state index in [9.17, 15) is 18.9 Å². The lowest BCUT2D eigenvalue weighted by Crippen LogP contribution is -2.14. The summed E-state index contributed by atoms with van der Waals surface area (Å²) in [5.74, 6) is -1.12. The third-order valence-corrected chi connectivity index (χ3v) is 3.04. The molecule has 0 fully saturated rings. The van der Waals surface area contributed by atoms with Crippen molar-refractivity contribution in [2.24, 2.45) is 0 Å². The summed E-state index contributed by atoms with van der Waals surface area (Å²) in [7, 11) is 0. The van der Waals surface area contributed by atoms with Gasteiger partial charge in [0.15, 0.2) is 0 Å². The van der Waals surface area contributed by atoms with Crippen LogP contribution in [0.2, 0.25) is 0 Å². The number of hydrogen-bond acceptors (Lipinski definition) is 4. The zero-order chi connectivity index (χ0) is 15.4. The number of hydrogen-bond donors (Lipinski definition) is 1. The van der Waals surface area contributed by atoms with Crippen molar-refractivity contribution >= 4 is 11.5 Å². The van der Waals surface area contributed by atoms with Gasteiger partial charge < -0.3 is 5.32 Å². The zero-order valence-electron chi connectivity index (χ0n) is 11.2. The lowest BCUT2D eigenvalue weighted by molar-refractivity contribution is -0.384. The highest BCUT2D eigenvalue weighted by Crippen LogP contribution is 2.29. The van der Waals surface area contributed by atoms with Gasteiger partial charge in [0.25, 0.3) is 0 Å². The van der Waals surface area contributed by atoms with Crippen molar-refractivity contribution in [3.63, 3.8) is 0 Å². The minimum Gasteiger partial charge on any atom is -0.357 e. The smallest absolute Gasteiger partial charge is 0.311 e. The lowest BCUT2D eigenvalue weighted by atomic mass is 10.0. The Bertz CT molecular complexity index is 664. The second-order valence-electron chi connectivity index (χ2n) is 4.40. The molecule has 1 aromatic carbocycles. The van der Waals surface area contributed by atoms with Gasteiger partial charge in [-0.3, -0.25) is 10.1 Å². The van der Waals surface area contributed by atoms with Gasteiger partial charge in [0.2, 0.25) is 5.82 Å². The second-order valence-corrected chi connectivity index (χ2v) is 4.40. The molecule has 0 saturated heterocycles. The maximum atomic E-state index is 13.8. The largest absolute Gasteiger partial charge is 0.357 e. The van der Waals surface area contributed by atoms with Gasteiger partial charge in [-0.05, 0) is 30.7 Å². The molecule has 1 aromatic heterocycles. The van der Waals surface area contributed by atoms with E-state index in [2.05, 4.69) is 10.3 Å². The molecule has 2 rings (SSSR count). The Balaban J connectivity index is 2.36. The molecule has 0 amide bonds. The van der Waals surface area contributed by atoms with Gasteiger partial charge in [0.05, 0.1) is 11.0 Å². The predicted molar refractivity (Wildman–Crippen MR) is 73.9 cm³/mol. The highest BCUT2D eigenvalue weighted by atomic mass is 19.1. The van der Waals surface area contributed by atoms with E-state index < -0.39 is 22.6 Å². The standard InChI is InChI=1S/C14H13F2N3O2/c1-2-12(10-8-9(15)5-6-11(10)16)18-14-13(19(20)21)4-3-7-17-14/h3-8,12H,2H2,1H3,(H,17,18). The third-order valence-electron chi connectivity index (χ3n) is 3.04. The highest BCUT2D eigenvalue weighted by molar-refractivity contribution is 5.56. The first-order chi connectivity index (χ1) is 10.0. The van der Waals surface area contributed by atoms with Gasteiger partial charge in [-0.15, -0.1) is 0 Å². The van der Waals surface area contributed by atoms with Gasteiger partial charge in [-0.25, -0.2) is 13.8 Å². The van der Waals surface area contributed by atoms with Crippen LogP contribution < -0.4 is 5.32 Å². The molecular weight excluding hydrogens is 280 g/mol. The third kappa shape index (κ3) is 3.31. The fourth-order valence-electron chi connectivity index (χ4n) is 2.00. The number of benzene rings is 1. The van der Waals surface area contributed by atoms with Crippen LogP contribution in [0, 0.1) is 21.7 Å². The molecule has 0 radical (unpaired) electrons. The van der Waals surface area contributed by atoms with Crippen molar-refractivity contribution < 1.29 is 13.7 Å². The molecule has 1 unspecified atom stereocenters. The van der Waals surface area contributed by atoms with E-state index in [1.54, 1.807) is 6.92 Å². The molecule has 0 saturated carbocycles. The number of rotatable bonds is 5. The first-order valence-electron chi connectivity index (χ1n) is 6.33. The Morgan fingerprint density at radius 1 is 1.38 bits per heavy atom. The maximum absolute atomic E-state index is 13.8. The molecule has 2 aromatic rings. The van der Waals surface area contributed by atoms with Crippen LogP contribution in [0.5, 0.6) is 0 Å². The number of anilines is 1. The number of nitrogens with zero attached hydrogens (tertiary/aromatic N) is 2. The molecule has 0 aliphatic carbocycles. The van der Waals surface area contributed by atoms with Gasteiger partial charge in [-0.1, -0.05) is 6.92 Å². The van der Waals surface area contributed by atoms with Gasteiger partial charge in [0.1, 0.15) is 11.6 Å². The fourth-order valence-corrected chi connectivity index (χ4v) is 2.00. The van der Waals surface area contributed by atoms with E-state index in [1.165, 1.54) is 18.3 Å². The molecule has 0 aliphatic heterocycles. The first kappa shape index (κ1) is 14.8. The number of nitrogens with one attached hydrogen (secondary N) is 1. The van der Waals surface area contributed by atoms with Gasteiger partial charge >= 0.3 is 5.69 Å². The molecular formula is C14H13F2N3O2. The Labute approximate surface area is 119 Å². The van der Waals surface area contributed by atoms with E-state index in [0.717, 1.165) is 18.2 Å². The van der Waals surface area contributed by atoms with Crippen LogP contribution in [-0.4, -0.2) is 9.91 Å². The molecule has 1 heterocycles. The van der Waals surface area contributed by atoms with Gasteiger partial charge in [-0.2, -0.15) is 0 Å². The van der Waals surface area contributed by atoms with E-state index in [4.69, 9.17) is 0 Å². The van der Waals surface area contributed by atoms with E-state index >= 15 is 0 Å². The topological polar surface area (TPSA) is 68.1 Å². The summed E-state index contributed by atoms with van der Waals surface area (Å²) < 4.78 is 27.1. The van der Waals surface area contributed by atoms with Crippen molar-refractivity contribution in [3.8, 4) is 0 Å². The summed E-state index contributed by atoms with van der Waals surface area (Å²) in [5.41, 5.74) is -0.106. The second kappa shape index (κ2) is 6.25. The first-order valence-corrected chi connectivity index (χ1v) is 6.33. The van der Waals surface area contributed by atoms with Crippen molar-refractivity contribution in [1.82, 2.24) is 4.98 Å². The lowest BCUT2D eigenvalue weighted by Gasteiger charge is -2.18. The SMILES string of the molecule is CCC(Nc1ncccc1[N+](=O)[O-])c1cc(F)ccc1F. The zero-order valence-corrected chi connectivity index (χ0v) is 11.2. The fraction of sp³-hybridized carbons (Fsp3) is 0.214. The van der Waals surface area contributed by atoms with Crippen LogP contribution in [0.1, 0.15) is 24.9 Å². The molecule has 21 heavy (non-hydrogen) atoms. The van der Waals surface area contributed by atoms with Crippen molar-refractivity contribution in [3.05, 3.63) is 63.8 Å². The van der Waals surface area contributed by atoms with Crippen LogP contribution in [0.25, 0.3) is 0 Å². The van der Waals surface area contributed by atoms with Crippen molar-refractivity contribution in [2.75, 3.05) is 5.32 Å². The monoisotopic (exact) mass is 293 g/mol. The van der Waals surface area contributed by atoms with Crippen LogP contribution in [0.4, 0.5) is 20.3 Å². The summed E-state index contributed by atoms with van der Waals surface area (Å²) in [6.07, 6.45) is 1.80. The summed E-state index contributed by atoms with van der Waals surface area (Å²) >= 11 is 0.